The van der Waals surface area contributed by atoms with Crippen LogP contribution in [0.4, 0.5) is 5.69 Å². The number of benzene rings is 2. The van der Waals surface area contributed by atoms with E-state index in [1.807, 2.05) is 0 Å². The SMILES string of the molecule is C[C@H](Oc1ccc(Cl)cc1)C(=O)NCCCN1CCCc2ccccc21. The number of ether oxygens (including phenoxy) is 1. The highest BCUT2D eigenvalue weighted by atomic mass is 35.5. The van der Waals surface area contributed by atoms with Gasteiger partial charge in [0, 0.05) is 30.3 Å². The molecule has 0 bridgehead atoms. The van der Waals surface area contributed by atoms with E-state index in [0.29, 0.717) is 17.3 Å². The van der Waals surface area contributed by atoms with E-state index in [0.717, 1.165) is 25.9 Å². The normalized spacial score (nSPS) is 14.5. The quantitative estimate of drug-likeness (QED) is 0.745. The van der Waals surface area contributed by atoms with Gasteiger partial charge in [-0.1, -0.05) is 29.8 Å². The van der Waals surface area contributed by atoms with E-state index >= 15 is 0 Å². The van der Waals surface area contributed by atoms with E-state index in [-0.39, 0.29) is 5.91 Å². The summed E-state index contributed by atoms with van der Waals surface area (Å²) >= 11 is 5.85. The molecule has 1 atom stereocenters. The van der Waals surface area contributed by atoms with Crippen LogP contribution in [0.1, 0.15) is 25.3 Å². The molecule has 1 amide bonds. The second kappa shape index (κ2) is 8.95. The summed E-state index contributed by atoms with van der Waals surface area (Å²) in [5.74, 6) is 0.543. The van der Waals surface area contributed by atoms with E-state index in [1.165, 1.54) is 17.7 Å². The fourth-order valence-corrected chi connectivity index (χ4v) is 3.37. The maximum atomic E-state index is 12.2. The van der Waals surface area contributed by atoms with Crippen molar-refractivity contribution >= 4 is 23.2 Å². The molecule has 4 nitrogen and oxygen atoms in total. The molecule has 0 fully saturated rings. The first-order valence-corrected chi connectivity index (χ1v) is 9.54. The number of hydrogen-bond acceptors (Lipinski definition) is 3. The molecule has 138 valence electrons. The molecular formula is C21H25ClN2O2. The van der Waals surface area contributed by atoms with Crippen molar-refractivity contribution < 1.29 is 9.53 Å². The molecule has 0 aromatic heterocycles. The summed E-state index contributed by atoms with van der Waals surface area (Å²) in [6, 6.07) is 15.6. The number of fused-ring (bicyclic) bond motifs is 1. The van der Waals surface area contributed by atoms with Crippen LogP contribution in [-0.4, -0.2) is 31.6 Å². The van der Waals surface area contributed by atoms with E-state index < -0.39 is 6.10 Å². The molecule has 0 radical (unpaired) electrons. The van der Waals surface area contributed by atoms with Crippen LogP contribution in [0.25, 0.3) is 0 Å². The Morgan fingerprint density at radius 2 is 2.00 bits per heavy atom. The Labute approximate surface area is 160 Å². The highest BCUT2D eigenvalue weighted by Crippen LogP contribution is 2.26. The zero-order valence-corrected chi connectivity index (χ0v) is 15.8. The summed E-state index contributed by atoms with van der Waals surface area (Å²) < 4.78 is 5.64. The molecule has 5 heteroatoms. The van der Waals surface area contributed by atoms with Gasteiger partial charge in [0.05, 0.1) is 0 Å². The highest BCUT2D eigenvalue weighted by molar-refractivity contribution is 6.30. The first-order chi connectivity index (χ1) is 12.6. The second-order valence-corrected chi connectivity index (χ2v) is 7.01. The zero-order valence-electron chi connectivity index (χ0n) is 15.1. The Hall–Kier alpha value is -2.20. The van der Waals surface area contributed by atoms with Crippen molar-refractivity contribution in [3.05, 3.63) is 59.1 Å². The summed E-state index contributed by atoms with van der Waals surface area (Å²) in [7, 11) is 0. The third-order valence-electron chi connectivity index (χ3n) is 4.61. The molecule has 1 N–H and O–H groups in total. The number of carbonyl (C=O) groups excluding carboxylic acids is 1. The Kier molecular flexibility index (Phi) is 6.40. The molecule has 2 aromatic carbocycles. The molecule has 2 aromatic rings. The van der Waals surface area contributed by atoms with E-state index in [2.05, 4.69) is 34.5 Å². The molecule has 1 heterocycles. The number of aryl methyl sites for hydroxylation is 1. The van der Waals surface area contributed by atoms with E-state index in [1.54, 1.807) is 31.2 Å². The number of nitrogens with zero attached hydrogens (tertiary/aromatic N) is 1. The second-order valence-electron chi connectivity index (χ2n) is 6.58. The van der Waals surface area contributed by atoms with Gasteiger partial charge in [0.2, 0.25) is 0 Å². The molecule has 26 heavy (non-hydrogen) atoms. The molecule has 0 aliphatic carbocycles. The van der Waals surface area contributed by atoms with Crippen LogP contribution in [0.2, 0.25) is 5.02 Å². The van der Waals surface area contributed by atoms with Crippen LogP contribution >= 0.6 is 11.6 Å². The maximum absolute atomic E-state index is 12.2. The molecule has 0 unspecified atom stereocenters. The van der Waals surface area contributed by atoms with Gasteiger partial charge in [0.25, 0.3) is 5.91 Å². The minimum Gasteiger partial charge on any atom is -0.481 e. The lowest BCUT2D eigenvalue weighted by atomic mass is 10.0. The van der Waals surface area contributed by atoms with Gasteiger partial charge in [-0.05, 0) is 62.1 Å². The molecule has 3 rings (SSSR count). The number of para-hydroxylation sites is 1. The molecule has 0 saturated heterocycles. The summed E-state index contributed by atoms with van der Waals surface area (Å²) in [5.41, 5.74) is 2.76. The summed E-state index contributed by atoms with van der Waals surface area (Å²) in [4.78, 5) is 14.6. The van der Waals surface area contributed by atoms with E-state index in [9.17, 15) is 4.79 Å². The topological polar surface area (TPSA) is 41.6 Å². The van der Waals surface area contributed by atoms with Crippen LogP contribution in [0.5, 0.6) is 5.75 Å². The lowest BCUT2D eigenvalue weighted by molar-refractivity contribution is -0.127. The lowest BCUT2D eigenvalue weighted by Crippen LogP contribution is -2.38. The van der Waals surface area contributed by atoms with Crippen molar-refractivity contribution in [1.29, 1.82) is 0 Å². The Bertz CT molecular complexity index is 733. The number of halogens is 1. The summed E-state index contributed by atoms with van der Waals surface area (Å²) in [6.07, 6.45) is 2.72. The van der Waals surface area contributed by atoms with Crippen LogP contribution in [-0.2, 0) is 11.2 Å². The number of carbonyl (C=O) groups is 1. The maximum Gasteiger partial charge on any atom is 0.260 e. The van der Waals surface area contributed by atoms with E-state index in [4.69, 9.17) is 16.3 Å². The van der Waals surface area contributed by atoms with Crippen molar-refractivity contribution in [1.82, 2.24) is 5.32 Å². The number of nitrogens with one attached hydrogen (secondary N) is 1. The molecule has 0 spiro atoms. The van der Waals surface area contributed by atoms with Gasteiger partial charge < -0.3 is 15.0 Å². The average Bonchev–Trinajstić information content (AvgIpc) is 2.67. The average molecular weight is 373 g/mol. The third-order valence-corrected chi connectivity index (χ3v) is 4.86. The van der Waals surface area contributed by atoms with Crippen molar-refractivity contribution in [2.75, 3.05) is 24.5 Å². The van der Waals surface area contributed by atoms with Crippen LogP contribution < -0.4 is 15.0 Å². The van der Waals surface area contributed by atoms with Crippen LogP contribution in [0.15, 0.2) is 48.5 Å². The van der Waals surface area contributed by atoms with Crippen molar-refractivity contribution in [3.63, 3.8) is 0 Å². The lowest BCUT2D eigenvalue weighted by Gasteiger charge is -2.31. The summed E-state index contributed by atoms with van der Waals surface area (Å²) in [5, 5.41) is 3.61. The first-order valence-electron chi connectivity index (χ1n) is 9.16. The van der Waals surface area contributed by atoms with Crippen molar-refractivity contribution in [2.24, 2.45) is 0 Å². The fraction of sp³-hybridized carbons (Fsp3) is 0.381. The van der Waals surface area contributed by atoms with Gasteiger partial charge in [-0.25, -0.2) is 0 Å². The Morgan fingerprint density at radius 3 is 2.81 bits per heavy atom. The predicted molar refractivity (Wildman–Crippen MR) is 106 cm³/mol. The number of amides is 1. The largest absolute Gasteiger partial charge is 0.481 e. The van der Waals surface area contributed by atoms with Gasteiger partial charge in [-0.15, -0.1) is 0 Å². The number of anilines is 1. The van der Waals surface area contributed by atoms with Gasteiger partial charge in [-0.2, -0.15) is 0 Å². The van der Waals surface area contributed by atoms with Gasteiger partial charge in [-0.3, -0.25) is 4.79 Å². The van der Waals surface area contributed by atoms with Gasteiger partial charge >= 0.3 is 0 Å². The highest BCUT2D eigenvalue weighted by Gasteiger charge is 2.17. The minimum absolute atomic E-state index is 0.0982. The number of rotatable bonds is 7. The monoisotopic (exact) mass is 372 g/mol. The predicted octanol–water partition coefficient (Wildman–Crippen LogP) is 4.07. The van der Waals surface area contributed by atoms with Crippen LogP contribution in [0, 0.1) is 0 Å². The summed E-state index contributed by atoms with van der Waals surface area (Å²) in [6.45, 7) is 4.43. The Balaban J connectivity index is 1.41. The zero-order chi connectivity index (χ0) is 18.4. The smallest absolute Gasteiger partial charge is 0.260 e. The van der Waals surface area contributed by atoms with Gasteiger partial charge in [0.1, 0.15) is 5.75 Å². The minimum atomic E-state index is -0.535. The molecule has 0 saturated carbocycles. The van der Waals surface area contributed by atoms with Gasteiger partial charge in [0.15, 0.2) is 6.10 Å². The molecular weight excluding hydrogens is 348 g/mol. The molecule has 1 aliphatic rings. The molecule has 1 aliphatic heterocycles. The van der Waals surface area contributed by atoms with Crippen molar-refractivity contribution in [2.45, 2.75) is 32.3 Å². The standard InChI is InChI=1S/C21H25ClN2O2/c1-16(26-19-11-9-18(22)10-12-19)21(25)23-13-5-15-24-14-4-7-17-6-2-3-8-20(17)24/h2-3,6,8-12,16H,4-5,7,13-15H2,1H3,(H,23,25)/t16-/m0/s1. The fourth-order valence-electron chi connectivity index (χ4n) is 3.24. The number of hydrogen-bond donors (Lipinski definition) is 1. The Morgan fingerprint density at radius 1 is 1.23 bits per heavy atom. The third kappa shape index (κ3) is 4.92. The first kappa shape index (κ1) is 18.6. The van der Waals surface area contributed by atoms with Crippen molar-refractivity contribution in [3.8, 4) is 5.75 Å². The van der Waals surface area contributed by atoms with Crippen LogP contribution in [0.3, 0.4) is 0 Å².